The molecule has 0 spiro atoms. The van der Waals surface area contributed by atoms with Crippen LogP contribution in [0.25, 0.3) is 0 Å². The number of rotatable bonds is 8. The smallest absolute Gasteiger partial charge is 0.271 e. The molecule has 0 aliphatic rings. The highest BCUT2D eigenvalue weighted by atomic mass is 16.6. The molecule has 106 valence electrons. The zero-order chi connectivity index (χ0) is 14.3. The number of nitrogens with two attached hydrogens (primary N) is 1. The molecule has 1 atom stereocenters. The first-order valence-electron chi connectivity index (χ1n) is 6.75. The first-order valence-corrected chi connectivity index (χ1v) is 6.75. The summed E-state index contributed by atoms with van der Waals surface area (Å²) in [5, 5.41) is 10.6. The van der Waals surface area contributed by atoms with Gasteiger partial charge in [-0.2, -0.15) is 0 Å². The van der Waals surface area contributed by atoms with Crippen LogP contribution >= 0.6 is 0 Å². The molecule has 1 aromatic rings. The van der Waals surface area contributed by atoms with Crippen molar-refractivity contribution in [1.29, 1.82) is 0 Å². The largest absolute Gasteiger partial charge is 0.489 e. The molecule has 1 rings (SSSR count). The predicted octanol–water partition coefficient (Wildman–Crippen LogP) is 3.91. The molecule has 19 heavy (non-hydrogen) atoms. The summed E-state index contributed by atoms with van der Waals surface area (Å²) in [6.45, 7) is 4.17. The highest BCUT2D eigenvalue weighted by molar-refractivity contribution is 5.58. The van der Waals surface area contributed by atoms with Crippen LogP contribution in [0.2, 0.25) is 0 Å². The molecule has 0 aliphatic carbocycles. The fourth-order valence-corrected chi connectivity index (χ4v) is 1.89. The van der Waals surface area contributed by atoms with Gasteiger partial charge in [0.2, 0.25) is 0 Å². The molecule has 0 saturated carbocycles. The minimum absolute atomic E-state index is 0.0135. The Morgan fingerprint density at radius 3 is 2.68 bits per heavy atom. The molecule has 5 heteroatoms. The van der Waals surface area contributed by atoms with Gasteiger partial charge in [-0.3, -0.25) is 10.1 Å². The molecule has 0 amide bonds. The predicted molar refractivity (Wildman–Crippen MR) is 76.4 cm³/mol. The Morgan fingerprint density at radius 1 is 1.37 bits per heavy atom. The van der Waals surface area contributed by atoms with Gasteiger partial charge >= 0.3 is 0 Å². The van der Waals surface area contributed by atoms with Gasteiger partial charge in [0.05, 0.1) is 16.7 Å². The fourth-order valence-electron chi connectivity index (χ4n) is 1.89. The fraction of sp³-hybridized carbons (Fsp3) is 0.571. The maximum absolute atomic E-state index is 10.6. The zero-order valence-electron chi connectivity index (χ0n) is 11.6. The number of benzene rings is 1. The summed E-state index contributed by atoms with van der Waals surface area (Å²) >= 11 is 0. The third-order valence-electron chi connectivity index (χ3n) is 3.00. The molecule has 0 bridgehead atoms. The zero-order valence-corrected chi connectivity index (χ0v) is 11.6. The van der Waals surface area contributed by atoms with Gasteiger partial charge in [-0.25, -0.2) is 0 Å². The summed E-state index contributed by atoms with van der Waals surface area (Å²) in [7, 11) is 0. The molecule has 1 aromatic carbocycles. The van der Waals surface area contributed by atoms with E-state index in [1.807, 2.05) is 6.92 Å². The van der Waals surface area contributed by atoms with Crippen molar-refractivity contribution in [3.8, 4) is 5.75 Å². The van der Waals surface area contributed by atoms with Crippen molar-refractivity contribution in [3.63, 3.8) is 0 Å². The van der Waals surface area contributed by atoms with E-state index in [-0.39, 0.29) is 11.8 Å². The summed E-state index contributed by atoms with van der Waals surface area (Å²) in [6.07, 6.45) is 5.83. The molecule has 2 N–H and O–H groups in total. The van der Waals surface area contributed by atoms with E-state index in [4.69, 9.17) is 10.5 Å². The number of nitro benzene ring substituents is 1. The summed E-state index contributed by atoms with van der Waals surface area (Å²) in [5.41, 5.74) is 6.06. The SMILES string of the molecule is CCCCCCC(C)Oc1ccc([N+](=O)[O-])cc1N. The topological polar surface area (TPSA) is 78.4 Å². The van der Waals surface area contributed by atoms with E-state index in [1.165, 1.54) is 31.4 Å². The molecule has 0 aliphatic heterocycles. The van der Waals surface area contributed by atoms with E-state index in [0.717, 1.165) is 12.8 Å². The number of hydrogen-bond donors (Lipinski definition) is 1. The minimum atomic E-state index is -0.464. The van der Waals surface area contributed by atoms with Gasteiger partial charge in [-0.1, -0.05) is 26.2 Å². The van der Waals surface area contributed by atoms with Gasteiger partial charge in [-0.05, 0) is 25.8 Å². The normalized spacial score (nSPS) is 12.1. The summed E-state index contributed by atoms with van der Waals surface area (Å²) < 4.78 is 5.71. The van der Waals surface area contributed by atoms with Crippen LogP contribution in [0.5, 0.6) is 5.75 Å². The Balaban J connectivity index is 2.50. The second kappa shape index (κ2) is 7.61. The maximum atomic E-state index is 10.6. The van der Waals surface area contributed by atoms with E-state index < -0.39 is 4.92 Å². The maximum Gasteiger partial charge on any atom is 0.271 e. The molecule has 0 saturated heterocycles. The number of nitrogens with zero attached hydrogens (tertiary/aromatic N) is 1. The molecule has 5 nitrogen and oxygen atoms in total. The number of unbranched alkanes of at least 4 members (excludes halogenated alkanes) is 3. The summed E-state index contributed by atoms with van der Waals surface area (Å²) in [4.78, 5) is 10.1. The lowest BCUT2D eigenvalue weighted by atomic mass is 10.1. The average Bonchev–Trinajstić information content (AvgIpc) is 2.37. The summed E-state index contributed by atoms with van der Waals surface area (Å²) in [5.74, 6) is 0.522. The van der Waals surface area contributed by atoms with Crippen LogP contribution in [-0.4, -0.2) is 11.0 Å². The second-order valence-corrected chi connectivity index (χ2v) is 4.76. The van der Waals surface area contributed by atoms with Gasteiger partial charge in [-0.15, -0.1) is 0 Å². The lowest BCUT2D eigenvalue weighted by Crippen LogP contribution is -2.12. The van der Waals surface area contributed by atoms with Gasteiger partial charge < -0.3 is 10.5 Å². The monoisotopic (exact) mass is 266 g/mol. The number of anilines is 1. The van der Waals surface area contributed by atoms with Crippen molar-refractivity contribution >= 4 is 11.4 Å². The standard InChI is InChI=1S/C14H22N2O3/c1-3-4-5-6-7-11(2)19-14-9-8-12(16(17)18)10-13(14)15/h8-11H,3-7,15H2,1-2H3. The van der Waals surface area contributed by atoms with E-state index in [9.17, 15) is 10.1 Å². The number of hydrogen-bond acceptors (Lipinski definition) is 4. The number of nitro groups is 1. The number of ether oxygens (including phenoxy) is 1. The third kappa shape index (κ3) is 5.16. The van der Waals surface area contributed by atoms with Crippen molar-refractivity contribution in [1.82, 2.24) is 0 Å². The first kappa shape index (κ1) is 15.3. The molecule has 0 fully saturated rings. The Bertz CT molecular complexity index is 421. The third-order valence-corrected chi connectivity index (χ3v) is 3.00. The Hall–Kier alpha value is -1.78. The highest BCUT2D eigenvalue weighted by Crippen LogP contribution is 2.27. The van der Waals surface area contributed by atoms with E-state index in [1.54, 1.807) is 6.07 Å². The van der Waals surface area contributed by atoms with Gasteiger partial charge in [0.25, 0.3) is 5.69 Å². The Morgan fingerprint density at radius 2 is 2.11 bits per heavy atom. The summed E-state index contributed by atoms with van der Waals surface area (Å²) in [6, 6.07) is 4.31. The lowest BCUT2D eigenvalue weighted by Gasteiger charge is -2.15. The van der Waals surface area contributed by atoms with Crippen molar-refractivity contribution < 1.29 is 9.66 Å². The van der Waals surface area contributed by atoms with Gasteiger partial charge in [0.1, 0.15) is 5.75 Å². The lowest BCUT2D eigenvalue weighted by molar-refractivity contribution is -0.384. The van der Waals surface area contributed by atoms with E-state index in [0.29, 0.717) is 11.4 Å². The molecule has 1 unspecified atom stereocenters. The minimum Gasteiger partial charge on any atom is -0.489 e. The van der Waals surface area contributed by atoms with Crippen LogP contribution in [0, 0.1) is 10.1 Å². The average molecular weight is 266 g/mol. The van der Waals surface area contributed by atoms with Gasteiger partial charge in [0, 0.05) is 12.1 Å². The van der Waals surface area contributed by atoms with Crippen molar-refractivity contribution in [2.24, 2.45) is 0 Å². The van der Waals surface area contributed by atoms with Crippen molar-refractivity contribution in [2.45, 2.75) is 52.1 Å². The number of nitrogen functional groups attached to an aromatic ring is 1. The van der Waals surface area contributed by atoms with E-state index >= 15 is 0 Å². The molecule has 0 radical (unpaired) electrons. The van der Waals surface area contributed by atoms with Crippen LogP contribution < -0.4 is 10.5 Å². The van der Waals surface area contributed by atoms with Crippen LogP contribution in [-0.2, 0) is 0 Å². The Kier molecular flexibility index (Phi) is 6.12. The van der Waals surface area contributed by atoms with Gasteiger partial charge in [0.15, 0.2) is 0 Å². The molecule has 0 heterocycles. The molecular weight excluding hydrogens is 244 g/mol. The highest BCUT2D eigenvalue weighted by Gasteiger charge is 2.11. The second-order valence-electron chi connectivity index (χ2n) is 4.76. The van der Waals surface area contributed by atoms with Crippen LogP contribution in [0.3, 0.4) is 0 Å². The molecular formula is C14H22N2O3. The van der Waals surface area contributed by atoms with E-state index in [2.05, 4.69) is 6.92 Å². The van der Waals surface area contributed by atoms with Crippen LogP contribution in [0.15, 0.2) is 18.2 Å². The first-order chi connectivity index (χ1) is 9.04. The van der Waals surface area contributed by atoms with Crippen LogP contribution in [0.4, 0.5) is 11.4 Å². The quantitative estimate of drug-likeness (QED) is 0.335. The Labute approximate surface area is 113 Å². The number of non-ortho nitro benzene ring substituents is 1. The van der Waals surface area contributed by atoms with Crippen molar-refractivity contribution in [3.05, 3.63) is 28.3 Å². The van der Waals surface area contributed by atoms with Crippen LogP contribution in [0.1, 0.15) is 46.0 Å². The van der Waals surface area contributed by atoms with Crippen molar-refractivity contribution in [2.75, 3.05) is 5.73 Å². The molecule has 0 aromatic heterocycles.